The smallest absolute Gasteiger partial charge is 0.222 e. The zero-order chi connectivity index (χ0) is 9.97. The van der Waals surface area contributed by atoms with E-state index in [1.165, 1.54) is 0 Å². The molecule has 0 saturated carbocycles. The van der Waals surface area contributed by atoms with Gasteiger partial charge in [-0.15, -0.1) is 0 Å². The van der Waals surface area contributed by atoms with Crippen molar-refractivity contribution < 1.29 is 9.26 Å². The van der Waals surface area contributed by atoms with Crippen LogP contribution in [0.5, 0.6) is 5.88 Å². The third-order valence-electron chi connectivity index (χ3n) is 1.77. The monoisotopic (exact) mass is 191 g/mol. The first kappa shape index (κ1) is 8.55. The van der Waals surface area contributed by atoms with Gasteiger partial charge < -0.3 is 15.0 Å². The number of anilines is 1. The predicted octanol–water partition coefficient (Wildman–Crippen LogP) is 1.33. The van der Waals surface area contributed by atoms with Crippen LogP contribution in [0, 0.1) is 0 Å². The van der Waals surface area contributed by atoms with E-state index >= 15 is 0 Å². The maximum absolute atomic E-state index is 5.40. The Labute approximate surface area is 80.5 Å². The molecule has 0 saturated heterocycles. The van der Waals surface area contributed by atoms with Crippen molar-refractivity contribution in [3.05, 3.63) is 24.4 Å². The number of ether oxygens (including phenoxy) is 1. The molecule has 0 atom stereocenters. The van der Waals surface area contributed by atoms with E-state index in [0.717, 1.165) is 5.56 Å². The molecule has 0 fully saturated rings. The fourth-order valence-electron chi connectivity index (χ4n) is 1.08. The minimum atomic E-state index is 0.288. The summed E-state index contributed by atoms with van der Waals surface area (Å²) in [5.41, 5.74) is 6.90. The highest BCUT2D eigenvalue weighted by atomic mass is 16.5. The van der Waals surface area contributed by atoms with Gasteiger partial charge in [-0.1, -0.05) is 5.16 Å². The second-order valence-corrected chi connectivity index (χ2v) is 2.70. The summed E-state index contributed by atoms with van der Waals surface area (Å²) < 4.78 is 9.67. The van der Waals surface area contributed by atoms with Gasteiger partial charge in [-0.3, -0.25) is 0 Å². The Morgan fingerprint density at radius 2 is 2.29 bits per heavy atom. The Morgan fingerprint density at radius 3 is 2.79 bits per heavy atom. The Kier molecular flexibility index (Phi) is 2.06. The second kappa shape index (κ2) is 3.37. The minimum absolute atomic E-state index is 0.288. The highest BCUT2D eigenvalue weighted by Gasteiger charge is 2.04. The van der Waals surface area contributed by atoms with E-state index in [9.17, 15) is 0 Å². The van der Waals surface area contributed by atoms with Crippen LogP contribution in [0.2, 0.25) is 0 Å². The average molecular weight is 191 g/mol. The molecule has 72 valence electrons. The van der Waals surface area contributed by atoms with Gasteiger partial charge in [0.25, 0.3) is 0 Å². The van der Waals surface area contributed by atoms with Gasteiger partial charge in [0.2, 0.25) is 11.8 Å². The van der Waals surface area contributed by atoms with E-state index in [1.807, 2.05) is 6.07 Å². The molecular weight excluding hydrogens is 182 g/mol. The molecule has 0 aromatic carbocycles. The summed E-state index contributed by atoms with van der Waals surface area (Å²) in [6.07, 6.45) is 1.65. The van der Waals surface area contributed by atoms with Crippen LogP contribution in [-0.4, -0.2) is 17.3 Å². The minimum Gasteiger partial charge on any atom is -0.481 e. The summed E-state index contributed by atoms with van der Waals surface area (Å²) in [6, 6.07) is 5.23. The molecule has 0 radical (unpaired) electrons. The van der Waals surface area contributed by atoms with Gasteiger partial charge in [0.15, 0.2) is 0 Å². The normalized spacial score (nSPS) is 10.1. The lowest BCUT2D eigenvalue weighted by atomic mass is 10.2. The van der Waals surface area contributed by atoms with Crippen molar-refractivity contribution in [2.75, 3.05) is 12.8 Å². The Balaban J connectivity index is 2.33. The molecule has 2 rings (SSSR count). The molecule has 0 amide bonds. The lowest BCUT2D eigenvalue weighted by molar-refractivity contribution is 0.398. The number of hydrogen-bond acceptors (Lipinski definition) is 5. The standard InChI is InChI=1S/C9H9N3O2/c1-13-9-3-2-6(5-11-9)7-4-8(10)14-12-7/h2-5H,10H2,1H3. The Hall–Kier alpha value is -2.04. The Morgan fingerprint density at radius 1 is 1.43 bits per heavy atom. The molecule has 5 heteroatoms. The van der Waals surface area contributed by atoms with E-state index < -0.39 is 0 Å². The molecule has 5 nitrogen and oxygen atoms in total. The first-order valence-electron chi connectivity index (χ1n) is 4.02. The van der Waals surface area contributed by atoms with Crippen LogP contribution in [-0.2, 0) is 0 Å². The van der Waals surface area contributed by atoms with E-state index in [2.05, 4.69) is 10.1 Å². The summed E-state index contributed by atoms with van der Waals surface area (Å²) in [7, 11) is 1.57. The van der Waals surface area contributed by atoms with E-state index in [1.54, 1.807) is 25.4 Å². The van der Waals surface area contributed by atoms with Crippen LogP contribution in [0.3, 0.4) is 0 Å². The largest absolute Gasteiger partial charge is 0.481 e. The second-order valence-electron chi connectivity index (χ2n) is 2.70. The number of nitrogen functional groups attached to an aromatic ring is 1. The van der Waals surface area contributed by atoms with E-state index in [4.69, 9.17) is 15.0 Å². The highest BCUT2D eigenvalue weighted by Crippen LogP contribution is 2.20. The zero-order valence-electron chi connectivity index (χ0n) is 7.60. The molecule has 2 aromatic heterocycles. The summed E-state index contributed by atoms with van der Waals surface area (Å²) in [5.74, 6) is 0.848. The van der Waals surface area contributed by atoms with Crippen molar-refractivity contribution >= 4 is 5.88 Å². The summed E-state index contributed by atoms with van der Waals surface area (Å²) in [5, 5.41) is 3.76. The molecule has 0 unspecified atom stereocenters. The number of methoxy groups -OCH3 is 1. The number of hydrogen-bond donors (Lipinski definition) is 1. The van der Waals surface area contributed by atoms with Gasteiger partial charge in [0.1, 0.15) is 5.69 Å². The third-order valence-corrected chi connectivity index (χ3v) is 1.77. The van der Waals surface area contributed by atoms with Gasteiger partial charge in [-0.25, -0.2) is 4.98 Å². The van der Waals surface area contributed by atoms with Crippen LogP contribution in [0.1, 0.15) is 0 Å². The highest BCUT2D eigenvalue weighted by molar-refractivity contribution is 5.60. The molecule has 0 aliphatic rings. The maximum atomic E-state index is 5.40. The lowest BCUT2D eigenvalue weighted by Gasteiger charge is -1.98. The van der Waals surface area contributed by atoms with E-state index in [0.29, 0.717) is 11.6 Å². The van der Waals surface area contributed by atoms with Gasteiger partial charge in [0, 0.05) is 23.9 Å². The third kappa shape index (κ3) is 1.52. The number of pyridine rings is 1. The number of rotatable bonds is 2. The fraction of sp³-hybridized carbons (Fsp3) is 0.111. The number of nitrogens with zero attached hydrogens (tertiary/aromatic N) is 2. The van der Waals surface area contributed by atoms with Gasteiger partial charge in [-0.2, -0.15) is 0 Å². The summed E-state index contributed by atoms with van der Waals surface area (Å²) >= 11 is 0. The Bertz CT molecular complexity index is 422. The first-order chi connectivity index (χ1) is 6.79. The molecule has 0 bridgehead atoms. The first-order valence-corrected chi connectivity index (χ1v) is 4.02. The SMILES string of the molecule is COc1ccc(-c2cc(N)on2)cn1. The molecule has 0 aliphatic heterocycles. The topological polar surface area (TPSA) is 74.2 Å². The molecule has 14 heavy (non-hydrogen) atoms. The van der Waals surface area contributed by atoms with Crippen molar-refractivity contribution in [3.63, 3.8) is 0 Å². The summed E-state index contributed by atoms with van der Waals surface area (Å²) in [4.78, 5) is 4.04. The zero-order valence-corrected chi connectivity index (χ0v) is 7.60. The molecule has 2 N–H and O–H groups in total. The quantitative estimate of drug-likeness (QED) is 0.775. The van der Waals surface area contributed by atoms with Gasteiger partial charge in [0.05, 0.1) is 7.11 Å². The van der Waals surface area contributed by atoms with Crippen molar-refractivity contribution in [1.82, 2.24) is 10.1 Å². The van der Waals surface area contributed by atoms with Crippen LogP contribution >= 0.6 is 0 Å². The van der Waals surface area contributed by atoms with Crippen LogP contribution < -0.4 is 10.5 Å². The summed E-state index contributed by atoms with van der Waals surface area (Å²) in [6.45, 7) is 0. The molecule has 2 heterocycles. The van der Waals surface area contributed by atoms with Gasteiger partial charge in [-0.05, 0) is 6.07 Å². The van der Waals surface area contributed by atoms with Crippen molar-refractivity contribution in [1.29, 1.82) is 0 Å². The average Bonchev–Trinajstić information content (AvgIpc) is 2.65. The molecule has 0 aliphatic carbocycles. The molecule has 2 aromatic rings. The molecule has 0 spiro atoms. The van der Waals surface area contributed by atoms with Crippen molar-refractivity contribution in [3.8, 4) is 17.1 Å². The van der Waals surface area contributed by atoms with Crippen LogP contribution in [0.25, 0.3) is 11.3 Å². The lowest BCUT2D eigenvalue weighted by Crippen LogP contribution is -1.86. The molecular formula is C9H9N3O2. The van der Waals surface area contributed by atoms with Crippen LogP contribution in [0.4, 0.5) is 5.88 Å². The number of nitrogens with two attached hydrogens (primary N) is 1. The van der Waals surface area contributed by atoms with Crippen LogP contribution in [0.15, 0.2) is 28.9 Å². The van der Waals surface area contributed by atoms with E-state index in [-0.39, 0.29) is 5.88 Å². The number of aromatic nitrogens is 2. The fourth-order valence-corrected chi connectivity index (χ4v) is 1.08. The predicted molar refractivity (Wildman–Crippen MR) is 50.7 cm³/mol. The van der Waals surface area contributed by atoms with Crippen molar-refractivity contribution in [2.24, 2.45) is 0 Å². The maximum Gasteiger partial charge on any atom is 0.222 e. The van der Waals surface area contributed by atoms with Crippen molar-refractivity contribution in [2.45, 2.75) is 0 Å². The van der Waals surface area contributed by atoms with Gasteiger partial charge >= 0.3 is 0 Å².